The lowest BCUT2D eigenvalue weighted by molar-refractivity contribution is -0.666. The van der Waals surface area contributed by atoms with Gasteiger partial charge in [-0.1, -0.05) is 30.0 Å². The molecule has 0 saturated heterocycles. The summed E-state index contributed by atoms with van der Waals surface area (Å²) in [6, 6.07) is 10.6. The van der Waals surface area contributed by atoms with E-state index in [0.29, 0.717) is 23.7 Å². The van der Waals surface area contributed by atoms with Gasteiger partial charge in [0.15, 0.2) is 11.5 Å². The molecule has 1 heterocycles. The molecule has 7 nitrogen and oxygen atoms in total. The minimum Gasteiger partial charge on any atom is -0.490 e. The van der Waals surface area contributed by atoms with E-state index < -0.39 is 0 Å². The summed E-state index contributed by atoms with van der Waals surface area (Å²) >= 11 is 5.20. The van der Waals surface area contributed by atoms with Crippen LogP contribution in [-0.4, -0.2) is 39.1 Å². The Morgan fingerprint density at radius 1 is 1.23 bits per heavy atom. The first-order chi connectivity index (χ1) is 14.6. The van der Waals surface area contributed by atoms with Crippen LogP contribution in [0.4, 0.5) is 4.39 Å². The first-order valence-electron chi connectivity index (χ1n) is 9.56. The van der Waals surface area contributed by atoms with Crippen LogP contribution in [0, 0.1) is 5.82 Å². The molecule has 0 aliphatic heterocycles. The maximum absolute atomic E-state index is 13.9. The van der Waals surface area contributed by atoms with Gasteiger partial charge in [0, 0.05) is 18.2 Å². The lowest BCUT2D eigenvalue weighted by Gasteiger charge is -2.15. The van der Waals surface area contributed by atoms with Gasteiger partial charge < -0.3 is 14.8 Å². The van der Waals surface area contributed by atoms with Gasteiger partial charge in [-0.15, -0.1) is 5.10 Å². The molecule has 3 aromatic rings. The molecule has 2 aromatic carbocycles. The Bertz CT molecular complexity index is 972. The van der Waals surface area contributed by atoms with Crippen LogP contribution in [0.25, 0.3) is 0 Å². The maximum Gasteiger partial charge on any atom is 0.209 e. The first-order valence-corrected chi connectivity index (χ1v) is 11.3. The average Bonchev–Trinajstić information content (AvgIpc) is 3.13. The zero-order valence-corrected chi connectivity index (χ0v) is 19.2. The Hall–Kier alpha value is -2.17. The molecule has 1 aromatic heterocycles. The van der Waals surface area contributed by atoms with Gasteiger partial charge in [-0.3, -0.25) is 0 Å². The van der Waals surface area contributed by atoms with Crippen LogP contribution in [0.3, 0.4) is 0 Å². The predicted molar refractivity (Wildman–Crippen MR) is 116 cm³/mol. The number of rotatable bonds is 11. The van der Waals surface area contributed by atoms with Crippen molar-refractivity contribution in [2.45, 2.75) is 25.2 Å². The zero-order valence-electron chi connectivity index (χ0n) is 16.8. The Kier molecular flexibility index (Phi) is 8.47. The van der Waals surface area contributed by atoms with Crippen molar-refractivity contribution in [2.75, 3.05) is 18.9 Å². The highest BCUT2D eigenvalue weighted by atomic mass is 79.9. The van der Waals surface area contributed by atoms with Crippen LogP contribution in [0.15, 0.2) is 46.0 Å². The summed E-state index contributed by atoms with van der Waals surface area (Å²) in [6.07, 6.45) is 0. The molecule has 160 valence electrons. The second kappa shape index (κ2) is 11.3. The summed E-state index contributed by atoms with van der Waals surface area (Å²) in [5.74, 6) is 1.84. The number of halogens is 2. The fraction of sp³-hybridized carbons (Fsp3) is 0.350. The number of benzene rings is 2. The zero-order chi connectivity index (χ0) is 21.3. The minimum absolute atomic E-state index is 0.130. The molecule has 0 amide bonds. The van der Waals surface area contributed by atoms with Crippen LogP contribution < -0.4 is 14.8 Å². The molecule has 0 unspecified atom stereocenters. The molecule has 2 N–H and O–H groups in total. The van der Waals surface area contributed by atoms with Crippen LogP contribution in [0.1, 0.15) is 18.1 Å². The van der Waals surface area contributed by atoms with Gasteiger partial charge in [0.05, 0.1) is 23.4 Å². The summed E-state index contributed by atoms with van der Waals surface area (Å²) in [6.45, 7) is 4.28. The van der Waals surface area contributed by atoms with E-state index >= 15 is 0 Å². The van der Waals surface area contributed by atoms with Crippen molar-refractivity contribution in [3.05, 3.63) is 57.8 Å². The molecule has 0 atom stereocenters. The number of ether oxygens (including phenoxy) is 2. The molecule has 0 radical (unpaired) electrons. The minimum atomic E-state index is -0.284. The number of aryl methyl sites for hydroxylation is 1. The lowest BCUT2D eigenvalue weighted by atomic mass is 10.2. The number of tetrazole rings is 1. The van der Waals surface area contributed by atoms with E-state index in [9.17, 15) is 4.39 Å². The van der Waals surface area contributed by atoms with E-state index in [2.05, 4.69) is 36.8 Å². The van der Waals surface area contributed by atoms with Crippen molar-refractivity contribution in [1.29, 1.82) is 0 Å². The van der Waals surface area contributed by atoms with Crippen molar-refractivity contribution in [2.24, 2.45) is 7.05 Å². The lowest BCUT2D eigenvalue weighted by Crippen LogP contribution is -2.83. The summed E-state index contributed by atoms with van der Waals surface area (Å²) < 4.78 is 28.0. The normalized spacial score (nSPS) is 10.9. The molecule has 0 aliphatic carbocycles. The van der Waals surface area contributed by atoms with Crippen molar-refractivity contribution < 1.29 is 19.2 Å². The van der Waals surface area contributed by atoms with Gasteiger partial charge in [0.1, 0.15) is 19.0 Å². The third-order valence-electron chi connectivity index (χ3n) is 4.21. The Labute approximate surface area is 187 Å². The van der Waals surface area contributed by atoms with Gasteiger partial charge in [0.25, 0.3) is 0 Å². The van der Waals surface area contributed by atoms with Gasteiger partial charge in [-0.05, 0) is 51.5 Å². The molecule has 0 fully saturated rings. The largest absolute Gasteiger partial charge is 0.490 e. The number of nitrogens with two attached hydrogens (primary N) is 1. The number of hydrogen-bond donors (Lipinski definition) is 1. The standard InChI is InChI=1S/C20H23BrFN5O2S/c1-3-28-18-11-14(12-23-8-9-30-20-24-25-26-27(20)2)10-16(21)19(18)29-13-15-6-4-5-7-17(15)22/h4-7,10-11,23H,3,8-9,12-13H2,1-2H3/p+1. The van der Waals surface area contributed by atoms with Crippen molar-refractivity contribution in [3.63, 3.8) is 0 Å². The summed E-state index contributed by atoms with van der Waals surface area (Å²) in [5, 5.41) is 14.4. The second-order valence-corrected chi connectivity index (χ2v) is 8.35. The highest BCUT2D eigenvalue weighted by Gasteiger charge is 2.14. The molecule has 10 heteroatoms. The van der Waals surface area contributed by atoms with Gasteiger partial charge in [0.2, 0.25) is 5.16 Å². The summed E-state index contributed by atoms with van der Waals surface area (Å²) in [7, 11) is 1.83. The number of thioether (sulfide) groups is 1. The fourth-order valence-electron chi connectivity index (χ4n) is 2.75. The molecule has 0 saturated carbocycles. The molecular weight excluding hydrogens is 473 g/mol. The quantitative estimate of drug-likeness (QED) is 0.324. The van der Waals surface area contributed by atoms with Crippen LogP contribution in [0.2, 0.25) is 0 Å². The number of aromatic nitrogens is 4. The highest BCUT2D eigenvalue weighted by Crippen LogP contribution is 2.37. The molecule has 30 heavy (non-hydrogen) atoms. The smallest absolute Gasteiger partial charge is 0.209 e. The highest BCUT2D eigenvalue weighted by molar-refractivity contribution is 9.10. The summed E-state index contributed by atoms with van der Waals surface area (Å²) in [4.78, 5) is 0. The monoisotopic (exact) mass is 496 g/mol. The van der Waals surface area contributed by atoms with E-state index in [-0.39, 0.29) is 12.4 Å². The summed E-state index contributed by atoms with van der Waals surface area (Å²) in [5.41, 5.74) is 1.61. The number of nitrogens with zero attached hydrogens (tertiary/aromatic N) is 4. The third-order valence-corrected chi connectivity index (χ3v) is 5.85. The van der Waals surface area contributed by atoms with Gasteiger partial charge in [-0.2, -0.15) is 0 Å². The maximum atomic E-state index is 13.9. The predicted octanol–water partition coefficient (Wildman–Crippen LogP) is 2.95. The van der Waals surface area contributed by atoms with Crippen molar-refractivity contribution in [3.8, 4) is 11.5 Å². The van der Waals surface area contributed by atoms with E-state index in [1.807, 2.05) is 26.1 Å². The Morgan fingerprint density at radius 3 is 2.80 bits per heavy atom. The third kappa shape index (κ3) is 6.16. The number of quaternary nitrogens is 1. The van der Waals surface area contributed by atoms with E-state index in [4.69, 9.17) is 9.47 Å². The van der Waals surface area contributed by atoms with Crippen molar-refractivity contribution in [1.82, 2.24) is 20.2 Å². The average molecular weight is 497 g/mol. The van der Waals surface area contributed by atoms with Gasteiger partial charge in [-0.25, -0.2) is 9.07 Å². The molecule has 3 rings (SSSR count). The molecular formula is C20H24BrFN5O2S+. The molecule has 0 bridgehead atoms. The van der Waals surface area contributed by atoms with E-state index in [0.717, 1.165) is 34.0 Å². The number of hydrogen-bond acceptors (Lipinski definition) is 6. The SMILES string of the molecule is CCOc1cc(C[NH2+]CCSc2nnnn2C)cc(Br)c1OCc1ccccc1F. The first kappa shape index (κ1) is 22.5. The molecule has 0 spiro atoms. The Balaban J connectivity index is 1.58. The van der Waals surface area contributed by atoms with Crippen LogP contribution in [-0.2, 0) is 20.2 Å². The fourth-order valence-corrected chi connectivity index (χ4v) is 4.14. The topological polar surface area (TPSA) is 78.7 Å². The van der Waals surface area contributed by atoms with E-state index in [1.165, 1.54) is 6.07 Å². The van der Waals surface area contributed by atoms with Crippen molar-refractivity contribution >= 4 is 27.7 Å². The molecule has 0 aliphatic rings. The van der Waals surface area contributed by atoms with Gasteiger partial charge >= 0.3 is 0 Å². The second-order valence-electron chi connectivity index (χ2n) is 6.43. The van der Waals surface area contributed by atoms with E-state index in [1.54, 1.807) is 34.6 Å². The Morgan fingerprint density at radius 2 is 2.07 bits per heavy atom. The van der Waals surface area contributed by atoms with Crippen LogP contribution >= 0.6 is 27.7 Å². The van der Waals surface area contributed by atoms with Crippen LogP contribution in [0.5, 0.6) is 11.5 Å².